The number of rotatable bonds is 3. The third-order valence-electron chi connectivity index (χ3n) is 3.91. The molecule has 24 heavy (non-hydrogen) atoms. The molecule has 0 saturated carbocycles. The Kier molecular flexibility index (Phi) is 4.54. The fraction of sp³-hybridized carbons (Fsp3) is 0.438. The molecule has 0 bridgehead atoms. The molecule has 1 atom stereocenters. The molecule has 1 saturated heterocycles. The molecule has 0 aromatic carbocycles. The molecule has 126 valence electrons. The average Bonchev–Trinajstić information content (AvgIpc) is 2.59. The average molecular weight is 329 g/mol. The van der Waals surface area contributed by atoms with Crippen LogP contribution in [0.2, 0.25) is 0 Å². The second-order valence-corrected chi connectivity index (χ2v) is 5.83. The van der Waals surface area contributed by atoms with Gasteiger partial charge in [-0.3, -0.25) is 9.59 Å². The molecular weight excluding hydrogens is 310 g/mol. The van der Waals surface area contributed by atoms with Crippen LogP contribution in [0, 0.1) is 6.92 Å². The van der Waals surface area contributed by atoms with E-state index in [0.717, 1.165) is 23.2 Å². The summed E-state index contributed by atoms with van der Waals surface area (Å²) in [6.07, 6.45) is 1.55. The number of carbonyl (C=O) groups is 1. The van der Waals surface area contributed by atoms with Crippen LogP contribution < -0.4 is 10.3 Å². The Morgan fingerprint density at radius 2 is 2.08 bits per heavy atom. The van der Waals surface area contributed by atoms with Crippen LogP contribution in [-0.2, 0) is 7.05 Å². The highest BCUT2D eigenvalue weighted by Crippen LogP contribution is 2.17. The zero-order valence-electron chi connectivity index (χ0n) is 13.7. The van der Waals surface area contributed by atoms with Crippen molar-refractivity contribution >= 4 is 5.91 Å². The van der Waals surface area contributed by atoms with E-state index < -0.39 is 0 Å². The van der Waals surface area contributed by atoms with Crippen LogP contribution in [-0.4, -0.2) is 50.0 Å². The van der Waals surface area contributed by atoms with Gasteiger partial charge in [0.05, 0.1) is 12.2 Å². The number of ether oxygens (including phenoxy) is 1. The highest BCUT2D eigenvalue weighted by molar-refractivity contribution is 5.92. The third kappa shape index (κ3) is 3.58. The molecule has 0 aliphatic carbocycles. The zero-order chi connectivity index (χ0) is 17.1. The molecule has 2 aromatic rings. The Morgan fingerprint density at radius 1 is 1.25 bits per heavy atom. The van der Waals surface area contributed by atoms with Gasteiger partial charge in [0.15, 0.2) is 0 Å². The van der Waals surface area contributed by atoms with Gasteiger partial charge >= 0.3 is 0 Å². The van der Waals surface area contributed by atoms with E-state index in [1.165, 1.54) is 19.2 Å². The normalized spacial score (nSPS) is 17.6. The lowest BCUT2D eigenvalue weighted by atomic mass is 10.1. The van der Waals surface area contributed by atoms with Gasteiger partial charge < -0.3 is 9.64 Å². The van der Waals surface area contributed by atoms with Crippen molar-refractivity contribution in [3.8, 4) is 5.88 Å². The summed E-state index contributed by atoms with van der Waals surface area (Å²) in [5, 5.41) is 12.0. The van der Waals surface area contributed by atoms with Crippen molar-refractivity contribution in [3.63, 3.8) is 0 Å². The van der Waals surface area contributed by atoms with Crippen molar-refractivity contribution in [2.75, 3.05) is 13.1 Å². The first-order valence-electron chi connectivity index (χ1n) is 7.83. The summed E-state index contributed by atoms with van der Waals surface area (Å²) in [5.74, 6) is 0.258. The maximum atomic E-state index is 12.6. The van der Waals surface area contributed by atoms with Crippen molar-refractivity contribution in [2.45, 2.75) is 25.9 Å². The first kappa shape index (κ1) is 16.1. The molecule has 1 aliphatic rings. The van der Waals surface area contributed by atoms with E-state index in [1.807, 2.05) is 13.0 Å². The minimum absolute atomic E-state index is 0.132. The fourth-order valence-corrected chi connectivity index (χ4v) is 2.62. The Labute approximate surface area is 139 Å². The second kappa shape index (κ2) is 6.77. The van der Waals surface area contributed by atoms with Gasteiger partial charge in [0.1, 0.15) is 11.8 Å². The number of aryl methyl sites for hydroxylation is 2. The maximum absolute atomic E-state index is 12.6. The van der Waals surface area contributed by atoms with Crippen LogP contribution >= 0.6 is 0 Å². The molecule has 1 amide bonds. The predicted molar refractivity (Wildman–Crippen MR) is 85.8 cm³/mol. The monoisotopic (exact) mass is 329 g/mol. The Morgan fingerprint density at radius 3 is 2.79 bits per heavy atom. The minimum atomic E-state index is -0.246. The molecule has 1 unspecified atom stereocenters. The highest BCUT2D eigenvalue weighted by Gasteiger charge is 2.27. The van der Waals surface area contributed by atoms with Crippen LogP contribution in [0.1, 0.15) is 29.0 Å². The first-order chi connectivity index (χ1) is 11.5. The molecule has 3 rings (SSSR count). The molecule has 0 radical (unpaired) electrons. The topological polar surface area (TPSA) is 90.2 Å². The van der Waals surface area contributed by atoms with E-state index >= 15 is 0 Å². The van der Waals surface area contributed by atoms with Crippen molar-refractivity contribution in [1.82, 2.24) is 24.9 Å². The Balaban J connectivity index is 1.68. The van der Waals surface area contributed by atoms with Gasteiger partial charge in [-0.25, -0.2) is 4.68 Å². The second-order valence-electron chi connectivity index (χ2n) is 5.83. The largest absolute Gasteiger partial charge is 0.471 e. The van der Waals surface area contributed by atoms with E-state index in [2.05, 4.69) is 15.3 Å². The number of amides is 1. The molecule has 1 fully saturated rings. The maximum Gasteiger partial charge on any atom is 0.274 e. The number of aromatic nitrogens is 4. The van der Waals surface area contributed by atoms with Gasteiger partial charge in [-0.05, 0) is 31.9 Å². The molecule has 1 aliphatic heterocycles. The number of hydrogen-bond acceptors (Lipinski definition) is 6. The first-order valence-corrected chi connectivity index (χ1v) is 7.83. The van der Waals surface area contributed by atoms with Gasteiger partial charge in [0, 0.05) is 25.7 Å². The summed E-state index contributed by atoms with van der Waals surface area (Å²) in [6.45, 7) is 2.96. The molecular formula is C16H19N5O3. The lowest BCUT2D eigenvalue weighted by Crippen LogP contribution is -2.45. The van der Waals surface area contributed by atoms with Crippen molar-refractivity contribution in [1.29, 1.82) is 0 Å². The summed E-state index contributed by atoms with van der Waals surface area (Å²) in [6, 6.07) is 6.42. The van der Waals surface area contributed by atoms with Crippen LogP contribution in [0.4, 0.5) is 0 Å². The molecule has 8 heteroatoms. The predicted octanol–water partition coefficient (Wildman–Crippen LogP) is 0.562. The van der Waals surface area contributed by atoms with E-state index in [9.17, 15) is 9.59 Å². The van der Waals surface area contributed by atoms with Crippen LogP contribution in [0.3, 0.4) is 0 Å². The molecule has 8 nitrogen and oxygen atoms in total. The van der Waals surface area contributed by atoms with Crippen molar-refractivity contribution in [3.05, 3.63) is 46.0 Å². The SMILES string of the molecule is Cc1ccc(OC2CCCN(C(=O)c3ccc(=O)n(C)n3)C2)nn1. The molecule has 2 aromatic heterocycles. The van der Waals surface area contributed by atoms with Crippen molar-refractivity contribution in [2.24, 2.45) is 7.05 Å². The highest BCUT2D eigenvalue weighted by atomic mass is 16.5. The lowest BCUT2D eigenvalue weighted by molar-refractivity contribution is 0.0518. The van der Waals surface area contributed by atoms with E-state index in [0.29, 0.717) is 19.0 Å². The van der Waals surface area contributed by atoms with Crippen molar-refractivity contribution < 1.29 is 9.53 Å². The fourth-order valence-electron chi connectivity index (χ4n) is 2.62. The number of nitrogens with zero attached hydrogens (tertiary/aromatic N) is 5. The molecule has 0 N–H and O–H groups in total. The number of likely N-dealkylation sites (tertiary alicyclic amines) is 1. The van der Waals surface area contributed by atoms with E-state index in [-0.39, 0.29) is 23.3 Å². The van der Waals surface area contributed by atoms with E-state index in [1.54, 1.807) is 11.0 Å². The third-order valence-corrected chi connectivity index (χ3v) is 3.91. The summed E-state index contributed by atoms with van der Waals surface area (Å²) < 4.78 is 6.99. The summed E-state index contributed by atoms with van der Waals surface area (Å²) in [5.41, 5.74) is 0.834. The standard InChI is InChI=1S/C16H19N5O3/c1-11-5-7-14(18-17-11)24-12-4-3-9-21(10-12)16(23)13-6-8-15(22)20(2)19-13/h5-8,12H,3-4,9-10H2,1-2H3. The lowest BCUT2D eigenvalue weighted by Gasteiger charge is -2.32. The van der Waals surface area contributed by atoms with Crippen LogP contribution in [0.5, 0.6) is 5.88 Å². The number of carbonyl (C=O) groups excluding carboxylic acids is 1. The Hall–Kier alpha value is -2.77. The zero-order valence-corrected chi connectivity index (χ0v) is 13.7. The molecule has 0 spiro atoms. The summed E-state index contributed by atoms with van der Waals surface area (Å²) >= 11 is 0. The quantitative estimate of drug-likeness (QED) is 0.817. The summed E-state index contributed by atoms with van der Waals surface area (Å²) in [7, 11) is 1.53. The van der Waals surface area contributed by atoms with Crippen LogP contribution in [0.25, 0.3) is 0 Å². The van der Waals surface area contributed by atoms with Gasteiger partial charge in [-0.1, -0.05) is 0 Å². The Bertz CT molecular complexity index is 787. The van der Waals surface area contributed by atoms with Gasteiger partial charge in [-0.15, -0.1) is 5.10 Å². The number of piperidine rings is 1. The van der Waals surface area contributed by atoms with Gasteiger partial charge in [-0.2, -0.15) is 10.2 Å². The minimum Gasteiger partial charge on any atom is -0.471 e. The van der Waals surface area contributed by atoms with Gasteiger partial charge in [0.25, 0.3) is 11.5 Å². The smallest absolute Gasteiger partial charge is 0.274 e. The summed E-state index contributed by atoms with van der Waals surface area (Å²) in [4.78, 5) is 25.7. The van der Waals surface area contributed by atoms with Gasteiger partial charge in [0.2, 0.25) is 5.88 Å². The van der Waals surface area contributed by atoms with Crippen LogP contribution in [0.15, 0.2) is 29.1 Å². The molecule has 3 heterocycles. The number of hydrogen-bond donors (Lipinski definition) is 0. The van der Waals surface area contributed by atoms with E-state index in [4.69, 9.17) is 4.74 Å².